The molecule has 2 heterocycles. The van der Waals surface area contributed by atoms with Crippen LogP contribution in [0.25, 0.3) is 0 Å². The van der Waals surface area contributed by atoms with Crippen molar-refractivity contribution in [2.75, 3.05) is 0 Å². The Kier molecular flexibility index (Phi) is 3.72. The van der Waals surface area contributed by atoms with Crippen molar-refractivity contribution in [3.05, 3.63) is 42.0 Å². The second kappa shape index (κ2) is 5.27. The van der Waals surface area contributed by atoms with Crippen molar-refractivity contribution in [1.29, 1.82) is 0 Å². The van der Waals surface area contributed by atoms with Gasteiger partial charge in [-0.25, -0.2) is 0 Å². The van der Waals surface area contributed by atoms with Gasteiger partial charge in [-0.2, -0.15) is 15.3 Å². The fraction of sp³-hybridized carbons (Fsp3) is 0.462. The van der Waals surface area contributed by atoms with Crippen LogP contribution in [0, 0.1) is 0 Å². The monoisotopic (exact) mass is 245 g/mol. The molecule has 0 aliphatic rings. The summed E-state index contributed by atoms with van der Waals surface area (Å²) in [4.78, 5) is 0. The Balaban J connectivity index is 1.86. The number of nitrogens with one attached hydrogen (secondary N) is 1. The van der Waals surface area contributed by atoms with Gasteiger partial charge < -0.3 is 5.32 Å². The first kappa shape index (κ1) is 12.7. The average Bonchev–Trinajstić information content (AvgIpc) is 2.79. The predicted molar refractivity (Wildman–Crippen MR) is 69.8 cm³/mol. The van der Waals surface area contributed by atoms with Crippen molar-refractivity contribution in [3.8, 4) is 0 Å². The van der Waals surface area contributed by atoms with Crippen molar-refractivity contribution in [3.63, 3.8) is 0 Å². The third kappa shape index (κ3) is 3.37. The van der Waals surface area contributed by atoms with Crippen LogP contribution in [0.3, 0.4) is 0 Å². The minimum Gasteiger partial charge on any atom is -0.307 e. The van der Waals surface area contributed by atoms with Crippen LogP contribution in [0.15, 0.2) is 30.7 Å². The molecule has 0 bridgehead atoms. The van der Waals surface area contributed by atoms with E-state index in [1.165, 1.54) is 5.56 Å². The summed E-state index contributed by atoms with van der Waals surface area (Å²) in [5.41, 5.74) is 2.15. The fourth-order valence-corrected chi connectivity index (χ4v) is 1.58. The summed E-state index contributed by atoms with van der Waals surface area (Å²) >= 11 is 0. The van der Waals surface area contributed by atoms with E-state index in [1.54, 1.807) is 6.20 Å². The largest absolute Gasteiger partial charge is 0.307 e. The van der Waals surface area contributed by atoms with Gasteiger partial charge in [0.05, 0.1) is 17.4 Å². The maximum absolute atomic E-state index is 4.36. The summed E-state index contributed by atoms with van der Waals surface area (Å²) in [6.45, 7) is 7.91. The number of rotatable bonds is 4. The Bertz CT molecular complexity index is 484. The van der Waals surface area contributed by atoms with Crippen LogP contribution < -0.4 is 5.32 Å². The minimum absolute atomic E-state index is 0.0309. The van der Waals surface area contributed by atoms with E-state index in [1.807, 2.05) is 23.0 Å². The summed E-state index contributed by atoms with van der Waals surface area (Å²) in [6, 6.07) is 3.85. The van der Waals surface area contributed by atoms with E-state index >= 15 is 0 Å². The predicted octanol–water partition coefficient (Wildman–Crippen LogP) is 1.72. The van der Waals surface area contributed by atoms with Gasteiger partial charge in [0, 0.05) is 31.0 Å². The molecule has 0 fully saturated rings. The van der Waals surface area contributed by atoms with Gasteiger partial charge >= 0.3 is 0 Å². The highest BCUT2D eigenvalue weighted by Gasteiger charge is 2.13. The molecule has 0 amide bonds. The molecule has 2 aromatic rings. The van der Waals surface area contributed by atoms with Gasteiger partial charge in [0.2, 0.25) is 0 Å². The normalized spacial score (nSPS) is 11.7. The van der Waals surface area contributed by atoms with Crippen molar-refractivity contribution in [2.24, 2.45) is 0 Å². The molecule has 0 spiro atoms. The highest BCUT2D eigenvalue weighted by atomic mass is 15.3. The Labute approximate surface area is 107 Å². The first-order valence-corrected chi connectivity index (χ1v) is 6.07. The quantitative estimate of drug-likeness (QED) is 0.891. The molecule has 5 nitrogen and oxygen atoms in total. The van der Waals surface area contributed by atoms with Gasteiger partial charge in [-0.15, -0.1) is 0 Å². The molecule has 0 radical (unpaired) electrons. The van der Waals surface area contributed by atoms with E-state index in [0.717, 1.165) is 12.2 Å². The Morgan fingerprint density at radius 2 is 2.11 bits per heavy atom. The molecular formula is C13H19N5. The molecular weight excluding hydrogens is 226 g/mol. The zero-order valence-electron chi connectivity index (χ0n) is 11.1. The van der Waals surface area contributed by atoms with Crippen LogP contribution in [-0.4, -0.2) is 20.0 Å². The van der Waals surface area contributed by atoms with Gasteiger partial charge in [0.1, 0.15) is 0 Å². The lowest BCUT2D eigenvalue weighted by Crippen LogP contribution is -2.22. The van der Waals surface area contributed by atoms with Gasteiger partial charge in [0.25, 0.3) is 0 Å². The molecule has 0 aromatic carbocycles. The first-order valence-electron chi connectivity index (χ1n) is 6.07. The molecule has 2 aromatic heterocycles. The maximum Gasteiger partial charge on any atom is 0.0769 e. The zero-order valence-corrected chi connectivity index (χ0v) is 11.1. The second-order valence-corrected chi connectivity index (χ2v) is 5.28. The summed E-state index contributed by atoms with van der Waals surface area (Å²) in [6.07, 6.45) is 5.65. The standard InChI is InChI=1S/C13H19N5/c1-13(2,3)18-10-11(8-16-18)7-14-9-12-5-4-6-15-17-12/h4-6,8,10,14H,7,9H2,1-3H3. The lowest BCUT2D eigenvalue weighted by atomic mass is 10.1. The first-order chi connectivity index (χ1) is 8.55. The Morgan fingerprint density at radius 1 is 1.28 bits per heavy atom. The van der Waals surface area contributed by atoms with E-state index < -0.39 is 0 Å². The molecule has 0 aliphatic carbocycles. The molecule has 0 aliphatic heterocycles. The Hall–Kier alpha value is -1.75. The van der Waals surface area contributed by atoms with Gasteiger partial charge in [-0.05, 0) is 32.9 Å². The molecule has 1 N–H and O–H groups in total. The summed E-state index contributed by atoms with van der Waals surface area (Å²) < 4.78 is 1.98. The fourth-order valence-electron chi connectivity index (χ4n) is 1.58. The summed E-state index contributed by atoms with van der Waals surface area (Å²) in [7, 11) is 0. The smallest absolute Gasteiger partial charge is 0.0769 e. The van der Waals surface area contributed by atoms with Crippen LogP contribution in [0.2, 0.25) is 0 Å². The molecule has 0 saturated carbocycles. The lowest BCUT2D eigenvalue weighted by molar-refractivity contribution is 0.355. The third-order valence-corrected chi connectivity index (χ3v) is 2.59. The topological polar surface area (TPSA) is 55.6 Å². The zero-order chi connectivity index (χ0) is 13.0. The summed E-state index contributed by atoms with van der Waals surface area (Å²) in [5, 5.41) is 15.6. The second-order valence-electron chi connectivity index (χ2n) is 5.28. The molecule has 5 heteroatoms. The van der Waals surface area contributed by atoms with Crippen LogP contribution in [-0.2, 0) is 18.6 Å². The third-order valence-electron chi connectivity index (χ3n) is 2.59. The van der Waals surface area contributed by atoms with E-state index in [9.17, 15) is 0 Å². The molecule has 0 unspecified atom stereocenters. The number of nitrogens with zero attached hydrogens (tertiary/aromatic N) is 4. The van der Waals surface area contributed by atoms with Crippen LogP contribution in [0.4, 0.5) is 0 Å². The highest BCUT2D eigenvalue weighted by Crippen LogP contribution is 2.12. The number of aromatic nitrogens is 4. The van der Waals surface area contributed by atoms with E-state index in [-0.39, 0.29) is 5.54 Å². The minimum atomic E-state index is 0.0309. The highest BCUT2D eigenvalue weighted by molar-refractivity contribution is 5.05. The Morgan fingerprint density at radius 3 is 2.72 bits per heavy atom. The van der Waals surface area contributed by atoms with E-state index in [2.05, 4.69) is 47.6 Å². The molecule has 2 rings (SSSR count). The van der Waals surface area contributed by atoms with Crippen molar-refractivity contribution >= 4 is 0 Å². The average molecular weight is 245 g/mol. The van der Waals surface area contributed by atoms with Crippen LogP contribution in [0.1, 0.15) is 32.0 Å². The van der Waals surface area contributed by atoms with Crippen molar-refractivity contribution in [2.45, 2.75) is 39.4 Å². The lowest BCUT2D eigenvalue weighted by Gasteiger charge is -2.18. The van der Waals surface area contributed by atoms with E-state index in [0.29, 0.717) is 6.54 Å². The van der Waals surface area contributed by atoms with Crippen LogP contribution in [0.5, 0.6) is 0 Å². The molecule has 96 valence electrons. The molecule has 0 saturated heterocycles. The van der Waals surface area contributed by atoms with Gasteiger partial charge in [-0.3, -0.25) is 4.68 Å². The number of hydrogen-bond acceptors (Lipinski definition) is 4. The van der Waals surface area contributed by atoms with Gasteiger partial charge in [0.15, 0.2) is 0 Å². The summed E-state index contributed by atoms with van der Waals surface area (Å²) in [5.74, 6) is 0. The van der Waals surface area contributed by atoms with Crippen molar-refractivity contribution in [1.82, 2.24) is 25.3 Å². The maximum atomic E-state index is 4.36. The van der Waals surface area contributed by atoms with Gasteiger partial charge in [-0.1, -0.05) is 0 Å². The van der Waals surface area contributed by atoms with Crippen LogP contribution >= 0.6 is 0 Å². The van der Waals surface area contributed by atoms with Crippen molar-refractivity contribution < 1.29 is 0 Å². The molecule has 0 atom stereocenters. The molecule has 18 heavy (non-hydrogen) atoms. The van der Waals surface area contributed by atoms with E-state index in [4.69, 9.17) is 0 Å². The number of hydrogen-bond donors (Lipinski definition) is 1. The SMILES string of the molecule is CC(C)(C)n1cc(CNCc2cccnn2)cn1.